The molecule has 0 saturated carbocycles. The number of hydrogen-bond acceptors (Lipinski definition) is 9. The number of imide groups is 1. The van der Waals surface area contributed by atoms with Crippen molar-refractivity contribution in [1.82, 2.24) is 5.32 Å². The van der Waals surface area contributed by atoms with Gasteiger partial charge in [-0.25, -0.2) is 4.90 Å². The number of ether oxygens (including phenoxy) is 5. The van der Waals surface area contributed by atoms with Crippen LogP contribution in [0.2, 0.25) is 0 Å². The average molecular weight is 525 g/mol. The van der Waals surface area contributed by atoms with Crippen molar-refractivity contribution >= 4 is 23.5 Å². The highest BCUT2D eigenvalue weighted by molar-refractivity contribution is 6.24. The number of rotatable bonds is 8. The van der Waals surface area contributed by atoms with Crippen LogP contribution in [0.4, 0.5) is 5.69 Å². The summed E-state index contributed by atoms with van der Waals surface area (Å²) < 4.78 is 27.8. The zero-order chi connectivity index (χ0) is 27.0. The number of fused-ring (bicyclic) bond motifs is 2. The van der Waals surface area contributed by atoms with Crippen molar-refractivity contribution in [1.29, 1.82) is 0 Å². The summed E-state index contributed by atoms with van der Waals surface area (Å²) >= 11 is 0. The van der Waals surface area contributed by atoms with Crippen LogP contribution in [-0.4, -0.2) is 57.4 Å². The molecule has 4 atom stereocenters. The quantitative estimate of drug-likeness (QED) is 0.411. The summed E-state index contributed by atoms with van der Waals surface area (Å²) in [5, 5.41) is 3.39. The monoisotopic (exact) mass is 524 g/mol. The first-order valence-corrected chi connectivity index (χ1v) is 12.8. The Morgan fingerprint density at radius 1 is 1.03 bits per heavy atom. The Labute approximate surface area is 221 Å². The summed E-state index contributed by atoms with van der Waals surface area (Å²) in [4.78, 5) is 43.0. The van der Waals surface area contributed by atoms with Crippen molar-refractivity contribution in [2.45, 2.75) is 38.3 Å². The van der Waals surface area contributed by atoms with Crippen molar-refractivity contribution in [3.05, 3.63) is 42.0 Å². The first-order chi connectivity index (χ1) is 18.4. The zero-order valence-corrected chi connectivity index (χ0v) is 21.9. The van der Waals surface area contributed by atoms with E-state index in [-0.39, 0.29) is 6.61 Å². The van der Waals surface area contributed by atoms with Gasteiger partial charge in [-0.15, -0.1) is 0 Å². The molecule has 0 aromatic heterocycles. The molecule has 202 valence electrons. The summed E-state index contributed by atoms with van der Waals surface area (Å²) in [5.41, 5.74) is -0.371. The molecule has 0 unspecified atom stereocenters. The highest BCUT2D eigenvalue weighted by Crippen LogP contribution is 2.53. The topological polar surface area (TPSA) is 113 Å². The second-order valence-electron chi connectivity index (χ2n) is 9.52. The van der Waals surface area contributed by atoms with Crippen molar-refractivity contribution in [3.63, 3.8) is 0 Å². The molecule has 2 saturated heterocycles. The van der Waals surface area contributed by atoms with Gasteiger partial charge in [-0.05, 0) is 31.5 Å². The van der Waals surface area contributed by atoms with E-state index in [0.717, 1.165) is 0 Å². The number of hydrogen-bond donors (Lipinski definition) is 1. The van der Waals surface area contributed by atoms with E-state index in [4.69, 9.17) is 23.7 Å². The van der Waals surface area contributed by atoms with Gasteiger partial charge in [0.15, 0.2) is 11.5 Å². The van der Waals surface area contributed by atoms with Crippen LogP contribution in [0.5, 0.6) is 23.0 Å². The van der Waals surface area contributed by atoms with E-state index in [2.05, 4.69) is 5.32 Å². The predicted octanol–water partition coefficient (Wildman–Crippen LogP) is 3.03. The summed E-state index contributed by atoms with van der Waals surface area (Å²) in [7, 11) is 3.08. The molecule has 0 bridgehead atoms. The lowest BCUT2D eigenvalue weighted by Gasteiger charge is -2.33. The summed E-state index contributed by atoms with van der Waals surface area (Å²) in [6.45, 7) is 4.59. The molecule has 10 nitrogen and oxygen atoms in total. The first-order valence-electron chi connectivity index (χ1n) is 12.8. The van der Waals surface area contributed by atoms with Crippen LogP contribution in [0.15, 0.2) is 36.4 Å². The molecule has 2 amide bonds. The van der Waals surface area contributed by atoms with E-state index >= 15 is 0 Å². The molecule has 3 heterocycles. The van der Waals surface area contributed by atoms with Crippen LogP contribution >= 0.6 is 0 Å². The normalized spacial score (nSPS) is 25.8. The number of anilines is 1. The number of nitrogens with zero attached hydrogens (tertiary/aromatic N) is 1. The minimum absolute atomic E-state index is 0.147. The summed E-state index contributed by atoms with van der Waals surface area (Å²) in [5.74, 6) is -1.18. The number of amides is 2. The molecule has 3 aliphatic heterocycles. The van der Waals surface area contributed by atoms with Crippen LogP contribution in [-0.2, 0) is 19.1 Å². The fourth-order valence-corrected chi connectivity index (χ4v) is 5.94. The van der Waals surface area contributed by atoms with Crippen molar-refractivity contribution < 1.29 is 38.1 Å². The average Bonchev–Trinajstić information content (AvgIpc) is 3.41. The van der Waals surface area contributed by atoms with Gasteiger partial charge in [0.25, 0.3) is 0 Å². The lowest BCUT2D eigenvalue weighted by atomic mass is 9.77. The number of methoxy groups -OCH3 is 2. The van der Waals surface area contributed by atoms with Gasteiger partial charge in [0.1, 0.15) is 30.3 Å². The molecule has 0 aliphatic carbocycles. The zero-order valence-electron chi connectivity index (χ0n) is 21.9. The fraction of sp³-hybridized carbons (Fsp3) is 0.464. The molecule has 2 aromatic carbocycles. The maximum atomic E-state index is 14.1. The van der Waals surface area contributed by atoms with Gasteiger partial charge in [0, 0.05) is 23.7 Å². The second kappa shape index (κ2) is 10.2. The van der Waals surface area contributed by atoms with Crippen molar-refractivity contribution in [3.8, 4) is 23.0 Å². The lowest BCUT2D eigenvalue weighted by molar-refractivity contribution is -0.155. The summed E-state index contributed by atoms with van der Waals surface area (Å²) in [6, 6.07) is 9.57. The Hall–Kier alpha value is -3.79. The van der Waals surface area contributed by atoms with Crippen LogP contribution in [0.3, 0.4) is 0 Å². The number of carbonyl (C=O) groups is 3. The molecule has 10 heteroatoms. The number of carbonyl (C=O) groups excluding carboxylic acids is 3. The minimum atomic E-state index is -1.39. The Kier molecular flexibility index (Phi) is 6.92. The molecule has 0 spiro atoms. The molecule has 38 heavy (non-hydrogen) atoms. The Morgan fingerprint density at radius 3 is 2.47 bits per heavy atom. The van der Waals surface area contributed by atoms with E-state index in [1.165, 1.54) is 12.0 Å². The second-order valence-corrected chi connectivity index (χ2v) is 9.52. The SMILES string of the molecule is CCC[C@]1(C(=O)OCC)N[C@H](c2ccc(OC)cc2OC)[C@H]2C(=O)N(c3ccc4c(c3)OCCO4)C(=O)[C@H]21. The van der Waals surface area contributed by atoms with E-state index in [1.807, 2.05) is 6.92 Å². The van der Waals surface area contributed by atoms with E-state index in [0.29, 0.717) is 60.3 Å². The van der Waals surface area contributed by atoms with Crippen LogP contribution < -0.4 is 29.2 Å². The third-order valence-corrected chi connectivity index (χ3v) is 7.50. The third-order valence-electron chi connectivity index (χ3n) is 7.50. The van der Waals surface area contributed by atoms with Gasteiger partial charge in [-0.2, -0.15) is 0 Å². The Morgan fingerprint density at radius 2 is 1.79 bits per heavy atom. The number of nitrogens with one attached hydrogen (secondary N) is 1. The largest absolute Gasteiger partial charge is 0.497 e. The lowest BCUT2D eigenvalue weighted by Crippen LogP contribution is -2.56. The van der Waals surface area contributed by atoms with Gasteiger partial charge in [0.05, 0.1) is 38.3 Å². The maximum Gasteiger partial charge on any atom is 0.327 e. The van der Waals surface area contributed by atoms with E-state index in [1.54, 1.807) is 50.4 Å². The molecular formula is C28H32N2O8. The Balaban J connectivity index is 1.64. The molecule has 1 N–H and O–H groups in total. The first kappa shape index (κ1) is 25.8. The van der Waals surface area contributed by atoms with Gasteiger partial charge in [-0.1, -0.05) is 19.4 Å². The molecular weight excluding hydrogens is 492 g/mol. The highest BCUT2D eigenvalue weighted by Gasteiger charge is 2.69. The molecule has 0 radical (unpaired) electrons. The Bertz CT molecular complexity index is 1260. The highest BCUT2D eigenvalue weighted by atomic mass is 16.6. The molecule has 5 rings (SSSR count). The van der Waals surface area contributed by atoms with Crippen molar-refractivity contribution in [2.24, 2.45) is 11.8 Å². The van der Waals surface area contributed by atoms with E-state index in [9.17, 15) is 14.4 Å². The van der Waals surface area contributed by atoms with Crippen LogP contribution in [0.1, 0.15) is 38.3 Å². The van der Waals surface area contributed by atoms with Gasteiger partial charge < -0.3 is 23.7 Å². The van der Waals surface area contributed by atoms with Gasteiger partial charge in [0.2, 0.25) is 11.8 Å². The molecule has 3 aliphatic rings. The standard InChI is InChI=1S/C28H32N2O8/c1-5-11-28(27(33)36-6-2)23-22(24(29-28)18-9-8-17(34-3)15-20(18)35-4)25(31)30(26(23)32)16-7-10-19-21(14-16)38-13-12-37-19/h7-10,14-15,22-24,29H,5-6,11-13H2,1-4H3/t22-,23-,24+,28-/m0/s1. The number of esters is 1. The van der Waals surface area contributed by atoms with Gasteiger partial charge >= 0.3 is 5.97 Å². The molecule has 2 aromatic rings. The maximum absolute atomic E-state index is 14.1. The third kappa shape index (κ3) is 3.94. The van der Waals surface area contributed by atoms with Crippen LogP contribution in [0, 0.1) is 11.8 Å². The van der Waals surface area contributed by atoms with Crippen molar-refractivity contribution in [2.75, 3.05) is 38.9 Å². The summed E-state index contributed by atoms with van der Waals surface area (Å²) in [6.07, 6.45) is 0.906. The molecule has 2 fully saturated rings. The minimum Gasteiger partial charge on any atom is -0.497 e. The smallest absolute Gasteiger partial charge is 0.327 e. The van der Waals surface area contributed by atoms with E-state index < -0.39 is 41.2 Å². The fourth-order valence-electron chi connectivity index (χ4n) is 5.94. The predicted molar refractivity (Wildman–Crippen MR) is 137 cm³/mol. The van der Waals surface area contributed by atoms with Gasteiger partial charge in [-0.3, -0.25) is 19.7 Å². The number of benzene rings is 2. The van der Waals surface area contributed by atoms with Crippen LogP contribution in [0.25, 0.3) is 0 Å².